The molecule has 2 amide bonds. The molecule has 1 aliphatic carbocycles. The number of fused-ring (bicyclic) bond motifs is 1. The number of hydrogen-bond acceptors (Lipinski definition) is 5. The zero-order chi connectivity index (χ0) is 18.4. The van der Waals surface area contributed by atoms with Gasteiger partial charge < -0.3 is 24.4 Å². The maximum Gasteiger partial charge on any atom is 0.300 e. The van der Waals surface area contributed by atoms with E-state index in [1.807, 2.05) is 9.80 Å². The van der Waals surface area contributed by atoms with Crippen molar-refractivity contribution in [3.63, 3.8) is 0 Å². The number of hydrogen-bond donors (Lipinski definition) is 1. The molecule has 3 atom stereocenters. The maximum absolute atomic E-state index is 12.6. The van der Waals surface area contributed by atoms with Gasteiger partial charge >= 0.3 is 0 Å². The highest BCUT2D eigenvalue weighted by Gasteiger charge is 2.41. The van der Waals surface area contributed by atoms with E-state index in [2.05, 4.69) is 0 Å². The Bertz CT molecular complexity index is 488. The van der Waals surface area contributed by atoms with E-state index in [-0.39, 0.29) is 29.9 Å². The molecule has 1 saturated carbocycles. The Hall–Kier alpha value is -1.67. The third kappa shape index (κ3) is 5.40. The van der Waals surface area contributed by atoms with Gasteiger partial charge in [0.15, 0.2) is 0 Å². The molecule has 3 fully saturated rings. The molecule has 0 aromatic carbocycles. The molecule has 0 spiro atoms. The number of amides is 2. The van der Waals surface area contributed by atoms with Gasteiger partial charge in [-0.05, 0) is 19.3 Å². The normalized spacial score (nSPS) is 29.1. The molecule has 0 unspecified atom stereocenters. The standard InChI is InChI=1S/C15H24N2O4.C2H4O2/c1-11(18)17-6-9-21-14-3-2-12(10-13(14)17)15(19)16-4-7-20-8-5-16;1-2(3)4/h12-14H,2-10H2,1H3;1H3,(H,3,4)/t12-,13+,14+;/m0./s1. The molecule has 2 saturated heterocycles. The van der Waals surface area contributed by atoms with Crippen molar-refractivity contribution < 1.29 is 29.0 Å². The summed E-state index contributed by atoms with van der Waals surface area (Å²) in [6.45, 7) is 6.60. The van der Waals surface area contributed by atoms with E-state index in [9.17, 15) is 9.59 Å². The number of morpholine rings is 2. The van der Waals surface area contributed by atoms with Gasteiger partial charge in [0, 0.05) is 39.4 Å². The number of carbonyl (C=O) groups excluding carboxylic acids is 2. The van der Waals surface area contributed by atoms with Crippen LogP contribution in [0.25, 0.3) is 0 Å². The first-order chi connectivity index (χ1) is 11.9. The molecule has 142 valence electrons. The van der Waals surface area contributed by atoms with Crippen molar-refractivity contribution in [2.45, 2.75) is 45.3 Å². The number of ether oxygens (including phenoxy) is 2. The lowest BCUT2D eigenvalue weighted by atomic mass is 9.81. The highest BCUT2D eigenvalue weighted by Crippen LogP contribution is 2.33. The molecular weight excluding hydrogens is 328 g/mol. The van der Waals surface area contributed by atoms with Gasteiger partial charge in [-0.15, -0.1) is 0 Å². The van der Waals surface area contributed by atoms with Gasteiger partial charge in [0.05, 0.1) is 32.0 Å². The predicted octanol–water partition coefficient (Wildman–Crippen LogP) is 0.352. The fourth-order valence-electron chi connectivity index (χ4n) is 3.77. The first kappa shape index (κ1) is 19.7. The van der Waals surface area contributed by atoms with Crippen molar-refractivity contribution in [2.24, 2.45) is 5.92 Å². The molecule has 2 aliphatic heterocycles. The van der Waals surface area contributed by atoms with Crippen LogP contribution < -0.4 is 0 Å². The largest absolute Gasteiger partial charge is 0.481 e. The van der Waals surface area contributed by atoms with E-state index in [1.54, 1.807) is 6.92 Å². The van der Waals surface area contributed by atoms with Gasteiger partial charge in [-0.2, -0.15) is 0 Å². The van der Waals surface area contributed by atoms with Crippen LogP contribution in [0.5, 0.6) is 0 Å². The van der Waals surface area contributed by atoms with Crippen LogP contribution in [0.2, 0.25) is 0 Å². The zero-order valence-corrected chi connectivity index (χ0v) is 15.0. The molecule has 0 radical (unpaired) electrons. The summed E-state index contributed by atoms with van der Waals surface area (Å²) in [7, 11) is 0. The fourth-order valence-corrected chi connectivity index (χ4v) is 3.77. The van der Waals surface area contributed by atoms with Gasteiger partial charge in [0.2, 0.25) is 11.8 Å². The Morgan fingerprint density at radius 1 is 1.00 bits per heavy atom. The summed E-state index contributed by atoms with van der Waals surface area (Å²) in [4.78, 5) is 37.2. The Labute approximate surface area is 148 Å². The average Bonchev–Trinajstić information content (AvgIpc) is 2.60. The quantitative estimate of drug-likeness (QED) is 0.728. The Balaban J connectivity index is 0.000000511. The van der Waals surface area contributed by atoms with Crippen LogP contribution in [-0.2, 0) is 23.9 Å². The van der Waals surface area contributed by atoms with Crippen LogP contribution in [0.4, 0.5) is 0 Å². The first-order valence-electron chi connectivity index (χ1n) is 8.85. The molecule has 0 bridgehead atoms. The number of carbonyl (C=O) groups is 3. The van der Waals surface area contributed by atoms with E-state index in [1.165, 1.54) is 0 Å². The summed E-state index contributed by atoms with van der Waals surface area (Å²) < 4.78 is 11.1. The third-order valence-electron chi connectivity index (χ3n) is 4.90. The van der Waals surface area contributed by atoms with Crippen LogP contribution >= 0.6 is 0 Å². The summed E-state index contributed by atoms with van der Waals surface area (Å²) >= 11 is 0. The summed E-state index contributed by atoms with van der Waals surface area (Å²) in [5, 5.41) is 7.42. The van der Waals surface area contributed by atoms with Gasteiger partial charge in [-0.25, -0.2) is 0 Å². The summed E-state index contributed by atoms with van der Waals surface area (Å²) in [5.41, 5.74) is 0. The molecule has 3 rings (SSSR count). The summed E-state index contributed by atoms with van der Waals surface area (Å²) in [5.74, 6) is -0.494. The number of carboxylic acid groups (broad SMARTS) is 1. The molecule has 8 heteroatoms. The van der Waals surface area contributed by atoms with Gasteiger partial charge in [0.25, 0.3) is 5.97 Å². The van der Waals surface area contributed by atoms with Crippen molar-refractivity contribution in [3.8, 4) is 0 Å². The number of carboxylic acids is 1. The SMILES string of the molecule is CC(=O)N1CCO[C@@H]2CC[C@H](C(=O)N3CCOCC3)C[C@H]21.CC(=O)O. The van der Waals surface area contributed by atoms with Crippen molar-refractivity contribution >= 4 is 17.8 Å². The monoisotopic (exact) mass is 356 g/mol. The second kappa shape index (κ2) is 9.15. The van der Waals surface area contributed by atoms with Crippen molar-refractivity contribution in [1.82, 2.24) is 9.80 Å². The maximum atomic E-state index is 12.6. The average molecular weight is 356 g/mol. The van der Waals surface area contributed by atoms with Gasteiger partial charge in [-0.3, -0.25) is 14.4 Å². The molecular formula is C17H28N2O6. The van der Waals surface area contributed by atoms with Crippen LogP contribution in [0.3, 0.4) is 0 Å². The molecule has 8 nitrogen and oxygen atoms in total. The van der Waals surface area contributed by atoms with E-state index in [0.29, 0.717) is 39.5 Å². The van der Waals surface area contributed by atoms with Crippen LogP contribution in [-0.4, -0.2) is 84.3 Å². The minimum absolute atomic E-state index is 0.0212. The number of rotatable bonds is 1. The summed E-state index contributed by atoms with van der Waals surface area (Å²) in [6, 6.07) is 0.0694. The molecule has 0 aromatic rings. The first-order valence-corrected chi connectivity index (χ1v) is 8.85. The Morgan fingerprint density at radius 3 is 2.24 bits per heavy atom. The van der Waals surface area contributed by atoms with Crippen LogP contribution in [0.1, 0.15) is 33.1 Å². The van der Waals surface area contributed by atoms with Crippen molar-refractivity contribution in [1.29, 1.82) is 0 Å². The lowest BCUT2D eigenvalue weighted by Crippen LogP contribution is -2.57. The second-order valence-electron chi connectivity index (χ2n) is 6.66. The molecule has 25 heavy (non-hydrogen) atoms. The van der Waals surface area contributed by atoms with Gasteiger partial charge in [-0.1, -0.05) is 0 Å². The highest BCUT2D eigenvalue weighted by molar-refractivity contribution is 5.79. The molecule has 2 heterocycles. The van der Waals surface area contributed by atoms with Crippen LogP contribution in [0.15, 0.2) is 0 Å². The molecule has 1 N–H and O–H groups in total. The van der Waals surface area contributed by atoms with Crippen molar-refractivity contribution in [2.75, 3.05) is 39.5 Å². The smallest absolute Gasteiger partial charge is 0.300 e. The number of aliphatic carboxylic acids is 1. The van der Waals surface area contributed by atoms with E-state index in [4.69, 9.17) is 19.4 Å². The minimum Gasteiger partial charge on any atom is -0.481 e. The molecule has 0 aromatic heterocycles. The van der Waals surface area contributed by atoms with E-state index >= 15 is 0 Å². The van der Waals surface area contributed by atoms with Crippen molar-refractivity contribution in [3.05, 3.63) is 0 Å². The third-order valence-corrected chi connectivity index (χ3v) is 4.90. The second-order valence-corrected chi connectivity index (χ2v) is 6.66. The van der Waals surface area contributed by atoms with E-state index < -0.39 is 5.97 Å². The van der Waals surface area contributed by atoms with Gasteiger partial charge in [0.1, 0.15) is 0 Å². The summed E-state index contributed by atoms with van der Waals surface area (Å²) in [6.07, 6.45) is 2.58. The fraction of sp³-hybridized carbons (Fsp3) is 0.824. The highest BCUT2D eigenvalue weighted by atomic mass is 16.5. The zero-order valence-electron chi connectivity index (χ0n) is 15.0. The predicted molar refractivity (Wildman–Crippen MR) is 89.0 cm³/mol. The lowest BCUT2D eigenvalue weighted by Gasteiger charge is -2.46. The number of nitrogens with zero attached hydrogens (tertiary/aromatic N) is 2. The van der Waals surface area contributed by atoms with Crippen LogP contribution in [0, 0.1) is 5.92 Å². The Kier molecular flexibility index (Phi) is 7.19. The topological polar surface area (TPSA) is 96.4 Å². The lowest BCUT2D eigenvalue weighted by molar-refractivity contribution is -0.156. The molecule has 3 aliphatic rings. The minimum atomic E-state index is -0.833. The Morgan fingerprint density at radius 2 is 1.64 bits per heavy atom. The van der Waals surface area contributed by atoms with E-state index in [0.717, 1.165) is 26.2 Å².